The van der Waals surface area contributed by atoms with Crippen LogP contribution in [-0.4, -0.2) is 42.9 Å². The van der Waals surface area contributed by atoms with Crippen molar-refractivity contribution < 1.29 is 14.4 Å². The van der Waals surface area contributed by atoms with Gasteiger partial charge in [0.1, 0.15) is 0 Å². The third-order valence-corrected chi connectivity index (χ3v) is 4.20. The van der Waals surface area contributed by atoms with E-state index in [4.69, 9.17) is 9.47 Å². The van der Waals surface area contributed by atoms with Crippen LogP contribution in [0.4, 0.5) is 11.5 Å². The van der Waals surface area contributed by atoms with Crippen LogP contribution < -0.4 is 9.64 Å². The molecule has 1 aromatic rings. The van der Waals surface area contributed by atoms with E-state index in [1.807, 2.05) is 11.5 Å². The topological polar surface area (TPSA) is 69.8 Å². The van der Waals surface area contributed by atoms with Gasteiger partial charge in [-0.25, -0.2) is 0 Å². The molecule has 0 radical (unpaired) electrons. The van der Waals surface area contributed by atoms with E-state index >= 15 is 0 Å². The Balaban J connectivity index is 1.96. The predicted octanol–water partition coefficient (Wildman–Crippen LogP) is 1.57. The molecule has 7 heteroatoms. The molecule has 0 saturated carbocycles. The molecule has 20 heavy (non-hydrogen) atoms. The van der Waals surface area contributed by atoms with Crippen molar-refractivity contribution in [2.24, 2.45) is 5.92 Å². The molecular formula is C13H19N3O4. The van der Waals surface area contributed by atoms with Gasteiger partial charge in [-0.15, -0.1) is 0 Å². The molecule has 1 saturated heterocycles. The molecular weight excluding hydrogens is 262 g/mol. The van der Waals surface area contributed by atoms with E-state index < -0.39 is 0 Å². The number of anilines is 1. The van der Waals surface area contributed by atoms with E-state index in [1.165, 1.54) is 7.11 Å². The summed E-state index contributed by atoms with van der Waals surface area (Å²) in [5.74, 6) is 1.54. The minimum atomic E-state index is -0.332. The molecule has 110 valence electrons. The lowest BCUT2D eigenvalue weighted by Crippen LogP contribution is -2.28. The van der Waals surface area contributed by atoms with Gasteiger partial charge in [-0.3, -0.25) is 10.1 Å². The molecule has 0 bridgehead atoms. The maximum absolute atomic E-state index is 11.4. The fourth-order valence-corrected chi connectivity index (χ4v) is 3.23. The van der Waals surface area contributed by atoms with Gasteiger partial charge in [-0.2, -0.15) is 0 Å². The summed E-state index contributed by atoms with van der Waals surface area (Å²) in [6.45, 7) is 5.83. The highest BCUT2D eigenvalue weighted by Gasteiger charge is 2.38. The number of fused-ring (bicyclic) bond motifs is 1. The number of nitrogens with zero attached hydrogens (tertiary/aromatic N) is 3. The first-order valence-corrected chi connectivity index (χ1v) is 6.87. The zero-order chi connectivity index (χ0) is 14.3. The van der Waals surface area contributed by atoms with Gasteiger partial charge in [0.15, 0.2) is 5.82 Å². The molecule has 0 aliphatic carbocycles. The summed E-state index contributed by atoms with van der Waals surface area (Å²) in [5.41, 5.74) is 0.931. The van der Waals surface area contributed by atoms with E-state index in [-0.39, 0.29) is 10.6 Å². The van der Waals surface area contributed by atoms with Crippen LogP contribution in [-0.2, 0) is 11.3 Å². The van der Waals surface area contributed by atoms with Gasteiger partial charge in [-0.05, 0) is 13.3 Å². The van der Waals surface area contributed by atoms with Crippen molar-refractivity contribution in [3.05, 3.63) is 15.8 Å². The first-order valence-electron chi connectivity index (χ1n) is 6.87. The fourth-order valence-electron chi connectivity index (χ4n) is 3.23. The molecule has 2 aliphatic heterocycles. The Bertz CT molecular complexity index is 534. The van der Waals surface area contributed by atoms with Gasteiger partial charge in [0.05, 0.1) is 24.3 Å². The second-order valence-corrected chi connectivity index (χ2v) is 5.38. The van der Waals surface area contributed by atoms with Crippen molar-refractivity contribution in [3.63, 3.8) is 0 Å². The van der Waals surface area contributed by atoms with E-state index in [9.17, 15) is 10.1 Å². The average molecular weight is 281 g/mol. The van der Waals surface area contributed by atoms with Crippen molar-refractivity contribution in [2.75, 3.05) is 38.3 Å². The number of hydrogen-bond donors (Lipinski definition) is 0. The SMILES string of the molecule is COc1c([N+](=O)[O-])c2n(c1C)CCN2CC1CCOC1. The first-order chi connectivity index (χ1) is 9.63. The van der Waals surface area contributed by atoms with Gasteiger partial charge < -0.3 is 18.9 Å². The first kappa shape index (κ1) is 13.2. The van der Waals surface area contributed by atoms with Gasteiger partial charge in [0.25, 0.3) is 0 Å². The number of ether oxygens (including phenoxy) is 2. The van der Waals surface area contributed by atoms with Crippen LogP contribution in [0.5, 0.6) is 5.75 Å². The smallest absolute Gasteiger partial charge is 0.352 e. The lowest BCUT2D eigenvalue weighted by molar-refractivity contribution is -0.384. The molecule has 2 aliphatic rings. The molecule has 1 atom stereocenters. The van der Waals surface area contributed by atoms with Crippen LogP contribution in [0.2, 0.25) is 0 Å². The summed E-state index contributed by atoms with van der Waals surface area (Å²) in [6.07, 6.45) is 1.03. The molecule has 1 aromatic heterocycles. The van der Waals surface area contributed by atoms with Crippen molar-refractivity contribution in [1.82, 2.24) is 4.57 Å². The highest BCUT2D eigenvalue weighted by molar-refractivity contribution is 5.72. The number of nitro groups is 1. The summed E-state index contributed by atoms with van der Waals surface area (Å²) in [5, 5.41) is 11.4. The molecule has 1 unspecified atom stereocenters. The molecule has 3 heterocycles. The van der Waals surface area contributed by atoms with Crippen molar-refractivity contribution in [1.29, 1.82) is 0 Å². The van der Waals surface area contributed by atoms with Gasteiger partial charge in [-0.1, -0.05) is 0 Å². The summed E-state index contributed by atoms with van der Waals surface area (Å²) in [4.78, 5) is 13.2. The van der Waals surface area contributed by atoms with E-state index in [0.717, 1.165) is 45.0 Å². The highest BCUT2D eigenvalue weighted by Crippen LogP contribution is 2.45. The quantitative estimate of drug-likeness (QED) is 0.619. The van der Waals surface area contributed by atoms with Crippen LogP contribution >= 0.6 is 0 Å². The Kier molecular flexibility index (Phi) is 3.29. The number of methoxy groups -OCH3 is 1. The monoisotopic (exact) mass is 281 g/mol. The van der Waals surface area contributed by atoms with E-state index in [0.29, 0.717) is 17.5 Å². The lowest BCUT2D eigenvalue weighted by atomic mass is 10.1. The molecule has 0 spiro atoms. The van der Waals surface area contributed by atoms with Gasteiger partial charge >= 0.3 is 5.69 Å². The molecule has 0 amide bonds. The second kappa shape index (κ2) is 4.97. The number of aromatic nitrogens is 1. The maximum atomic E-state index is 11.4. The Morgan fingerprint density at radius 3 is 2.90 bits per heavy atom. The maximum Gasteiger partial charge on any atom is 0.352 e. The third-order valence-electron chi connectivity index (χ3n) is 4.20. The predicted molar refractivity (Wildman–Crippen MR) is 73.5 cm³/mol. The number of rotatable bonds is 4. The third kappa shape index (κ3) is 1.93. The minimum absolute atomic E-state index is 0.0985. The summed E-state index contributed by atoms with van der Waals surface area (Å²) >= 11 is 0. The lowest BCUT2D eigenvalue weighted by Gasteiger charge is -2.20. The Morgan fingerprint density at radius 1 is 1.50 bits per heavy atom. The van der Waals surface area contributed by atoms with E-state index in [2.05, 4.69) is 4.90 Å². The largest absolute Gasteiger partial charge is 0.489 e. The summed E-state index contributed by atoms with van der Waals surface area (Å²) in [7, 11) is 1.49. The molecule has 3 rings (SSSR count). The van der Waals surface area contributed by atoms with Crippen molar-refractivity contribution in [3.8, 4) is 5.75 Å². The standard InChI is InChI=1S/C13H19N3O4/c1-9-12(19-2)11(16(17)18)13-14(4-5-15(9)13)7-10-3-6-20-8-10/h10H,3-8H2,1-2H3. The zero-order valence-electron chi connectivity index (χ0n) is 11.8. The van der Waals surface area contributed by atoms with Crippen LogP contribution in [0.25, 0.3) is 0 Å². The fraction of sp³-hybridized carbons (Fsp3) is 0.692. The molecule has 0 aromatic carbocycles. The minimum Gasteiger partial charge on any atom is -0.489 e. The molecule has 0 N–H and O–H groups in total. The zero-order valence-corrected chi connectivity index (χ0v) is 11.8. The Labute approximate surface area is 117 Å². The van der Waals surface area contributed by atoms with E-state index in [1.54, 1.807) is 0 Å². The molecule has 1 fully saturated rings. The summed E-state index contributed by atoms with van der Waals surface area (Å²) < 4.78 is 12.6. The number of hydrogen-bond acceptors (Lipinski definition) is 5. The van der Waals surface area contributed by atoms with Crippen molar-refractivity contribution in [2.45, 2.75) is 19.9 Å². The van der Waals surface area contributed by atoms with Crippen LogP contribution in [0.15, 0.2) is 0 Å². The highest BCUT2D eigenvalue weighted by atomic mass is 16.6. The van der Waals surface area contributed by atoms with Gasteiger partial charge in [0, 0.05) is 32.2 Å². The summed E-state index contributed by atoms with van der Waals surface area (Å²) in [6, 6.07) is 0. The van der Waals surface area contributed by atoms with Gasteiger partial charge in [0.2, 0.25) is 5.75 Å². The normalized spacial score (nSPS) is 21.3. The average Bonchev–Trinajstić information content (AvgIpc) is 3.09. The molecule has 7 nitrogen and oxygen atoms in total. The van der Waals surface area contributed by atoms with Crippen LogP contribution in [0.1, 0.15) is 12.1 Å². The van der Waals surface area contributed by atoms with Crippen molar-refractivity contribution >= 4 is 11.5 Å². The second-order valence-electron chi connectivity index (χ2n) is 5.38. The van der Waals surface area contributed by atoms with Crippen LogP contribution in [0, 0.1) is 23.0 Å². The Hall–Kier alpha value is -1.76. The Morgan fingerprint density at radius 2 is 2.30 bits per heavy atom. The van der Waals surface area contributed by atoms with Crippen LogP contribution in [0.3, 0.4) is 0 Å².